The Hall–Kier alpha value is -1.59. The van der Waals surface area contributed by atoms with Crippen molar-refractivity contribution in [3.63, 3.8) is 0 Å². The van der Waals surface area contributed by atoms with Crippen molar-refractivity contribution >= 4 is 5.97 Å². The smallest absolute Gasteiger partial charge is 0.327 e. The number of nitrogens with one attached hydrogen (secondary N) is 1. The molecule has 1 aliphatic carbocycles. The first-order chi connectivity index (χ1) is 10.1. The zero-order valence-electron chi connectivity index (χ0n) is 12.3. The summed E-state index contributed by atoms with van der Waals surface area (Å²) in [7, 11) is 0. The van der Waals surface area contributed by atoms with Crippen molar-refractivity contribution in [3.8, 4) is 5.75 Å². The zero-order valence-corrected chi connectivity index (χ0v) is 12.3. The third-order valence-electron chi connectivity index (χ3n) is 3.94. The molecule has 5 heteroatoms. The lowest BCUT2D eigenvalue weighted by atomic mass is 9.94. The molecule has 1 fully saturated rings. The van der Waals surface area contributed by atoms with E-state index in [1.54, 1.807) is 12.1 Å². The monoisotopic (exact) mass is 293 g/mol. The van der Waals surface area contributed by atoms with Crippen LogP contribution in [0, 0.1) is 5.92 Å². The maximum atomic E-state index is 11.8. The van der Waals surface area contributed by atoms with Gasteiger partial charge in [0, 0.05) is 5.56 Å². The van der Waals surface area contributed by atoms with E-state index in [1.165, 1.54) is 0 Å². The number of aliphatic carboxylic acids is 1. The number of aliphatic hydroxyl groups excluding tert-OH is 1. The molecule has 0 radical (unpaired) electrons. The number of carboxylic acid groups (broad SMARTS) is 1. The maximum absolute atomic E-state index is 11.8. The molecule has 1 aromatic rings. The highest BCUT2D eigenvalue weighted by atomic mass is 16.5. The Morgan fingerprint density at radius 3 is 2.71 bits per heavy atom. The minimum Gasteiger partial charge on any atom is -0.491 e. The highest BCUT2D eigenvalue weighted by Crippen LogP contribution is 2.40. The molecule has 0 heterocycles. The predicted octanol–water partition coefficient (Wildman–Crippen LogP) is 1.79. The Labute approximate surface area is 124 Å². The fourth-order valence-corrected chi connectivity index (χ4v) is 2.52. The van der Waals surface area contributed by atoms with Gasteiger partial charge < -0.3 is 14.9 Å². The van der Waals surface area contributed by atoms with Gasteiger partial charge >= 0.3 is 5.97 Å². The summed E-state index contributed by atoms with van der Waals surface area (Å²) in [6.45, 7) is 2.61. The Bertz CT molecular complexity index is 487. The van der Waals surface area contributed by atoms with E-state index in [0.717, 1.165) is 19.3 Å². The molecule has 116 valence electrons. The highest BCUT2D eigenvalue weighted by molar-refractivity contribution is 5.80. The lowest BCUT2D eigenvalue weighted by Crippen LogP contribution is -2.58. The summed E-state index contributed by atoms with van der Waals surface area (Å²) in [6.07, 6.45) is 2.69. The first-order valence-corrected chi connectivity index (χ1v) is 7.44. The summed E-state index contributed by atoms with van der Waals surface area (Å²) in [5, 5.41) is 22.1. The minimum atomic E-state index is -1.03. The number of carbonyl (C=O) groups is 1. The molecule has 0 aliphatic heterocycles. The van der Waals surface area contributed by atoms with E-state index in [0.29, 0.717) is 17.9 Å². The van der Waals surface area contributed by atoms with Crippen molar-refractivity contribution in [2.24, 2.45) is 5.92 Å². The van der Waals surface area contributed by atoms with Gasteiger partial charge in [0.1, 0.15) is 12.4 Å². The second-order valence-electron chi connectivity index (χ2n) is 5.53. The summed E-state index contributed by atoms with van der Waals surface area (Å²) in [5.74, 6) is -0.202. The predicted molar refractivity (Wildman–Crippen MR) is 79.2 cm³/mol. The van der Waals surface area contributed by atoms with Gasteiger partial charge in [-0.05, 0) is 37.8 Å². The lowest BCUT2D eigenvalue weighted by molar-refractivity contribution is -0.147. The Balaban J connectivity index is 2.13. The van der Waals surface area contributed by atoms with Gasteiger partial charge in [0.15, 0.2) is 5.54 Å². The van der Waals surface area contributed by atoms with Crippen LogP contribution in [0.15, 0.2) is 24.3 Å². The van der Waals surface area contributed by atoms with Crippen LogP contribution in [0.25, 0.3) is 0 Å². The van der Waals surface area contributed by atoms with Gasteiger partial charge in [-0.15, -0.1) is 0 Å². The van der Waals surface area contributed by atoms with Crippen molar-refractivity contribution in [2.75, 3.05) is 13.2 Å². The fraction of sp³-hybridized carbons (Fsp3) is 0.562. The fourth-order valence-electron chi connectivity index (χ4n) is 2.52. The van der Waals surface area contributed by atoms with Crippen molar-refractivity contribution in [2.45, 2.75) is 38.3 Å². The van der Waals surface area contributed by atoms with E-state index < -0.39 is 11.5 Å². The molecular weight excluding hydrogens is 270 g/mol. The largest absolute Gasteiger partial charge is 0.491 e. The summed E-state index contributed by atoms with van der Waals surface area (Å²) >= 11 is 0. The van der Waals surface area contributed by atoms with Gasteiger partial charge in [0.25, 0.3) is 0 Å². The second-order valence-corrected chi connectivity index (χ2v) is 5.53. The van der Waals surface area contributed by atoms with Crippen LogP contribution in [-0.4, -0.2) is 34.9 Å². The van der Waals surface area contributed by atoms with Gasteiger partial charge in [-0.3, -0.25) is 10.1 Å². The van der Waals surface area contributed by atoms with Crippen LogP contribution in [-0.2, 0) is 11.4 Å². The summed E-state index contributed by atoms with van der Waals surface area (Å²) < 4.78 is 5.75. The summed E-state index contributed by atoms with van der Waals surface area (Å²) in [6, 6.07) is 7.16. The quantitative estimate of drug-likeness (QED) is 0.647. The van der Waals surface area contributed by atoms with E-state index in [-0.39, 0.29) is 19.1 Å². The first kappa shape index (κ1) is 15.8. The second kappa shape index (κ2) is 6.91. The normalized spacial score (nSPS) is 17.2. The molecular formula is C16H23NO4. The molecule has 1 atom stereocenters. The molecule has 0 spiro atoms. The molecule has 3 N–H and O–H groups in total. The van der Waals surface area contributed by atoms with Crippen LogP contribution in [0.5, 0.6) is 5.75 Å². The molecule has 1 unspecified atom stereocenters. The molecule has 1 aliphatic rings. The van der Waals surface area contributed by atoms with Crippen molar-refractivity contribution < 1.29 is 19.7 Å². The maximum Gasteiger partial charge on any atom is 0.327 e. The van der Waals surface area contributed by atoms with Crippen LogP contribution >= 0.6 is 0 Å². The van der Waals surface area contributed by atoms with Gasteiger partial charge in [-0.25, -0.2) is 0 Å². The first-order valence-electron chi connectivity index (χ1n) is 7.44. The average molecular weight is 293 g/mol. The van der Waals surface area contributed by atoms with E-state index in [9.17, 15) is 15.0 Å². The van der Waals surface area contributed by atoms with E-state index in [2.05, 4.69) is 5.32 Å². The SMILES string of the molecule is CCCNC(COc1ccccc1CO)(C(=O)O)C1CC1. The Morgan fingerprint density at radius 1 is 1.43 bits per heavy atom. The van der Waals surface area contributed by atoms with Gasteiger partial charge in [-0.1, -0.05) is 25.1 Å². The van der Waals surface area contributed by atoms with Crippen LogP contribution in [0.4, 0.5) is 0 Å². The van der Waals surface area contributed by atoms with Crippen LogP contribution in [0.1, 0.15) is 31.7 Å². The van der Waals surface area contributed by atoms with Crippen molar-refractivity contribution in [1.82, 2.24) is 5.32 Å². The molecule has 21 heavy (non-hydrogen) atoms. The Morgan fingerprint density at radius 2 is 2.14 bits per heavy atom. The van der Waals surface area contributed by atoms with E-state index in [4.69, 9.17) is 4.74 Å². The van der Waals surface area contributed by atoms with E-state index >= 15 is 0 Å². The van der Waals surface area contributed by atoms with Crippen molar-refractivity contribution in [3.05, 3.63) is 29.8 Å². The molecule has 5 nitrogen and oxygen atoms in total. The topological polar surface area (TPSA) is 78.8 Å². The number of carboxylic acids is 1. The number of hydrogen-bond donors (Lipinski definition) is 3. The summed E-state index contributed by atoms with van der Waals surface area (Å²) in [5.41, 5.74) is -0.360. The Kier molecular flexibility index (Phi) is 5.20. The van der Waals surface area contributed by atoms with Gasteiger partial charge in [0.05, 0.1) is 6.61 Å². The van der Waals surface area contributed by atoms with Crippen LogP contribution in [0.3, 0.4) is 0 Å². The molecule has 1 aromatic carbocycles. The van der Waals surface area contributed by atoms with Crippen LogP contribution < -0.4 is 10.1 Å². The zero-order chi connectivity index (χ0) is 15.3. The molecule has 0 saturated heterocycles. The number of aliphatic hydroxyl groups is 1. The molecule has 2 rings (SSSR count). The lowest BCUT2D eigenvalue weighted by Gasteiger charge is -2.31. The van der Waals surface area contributed by atoms with E-state index in [1.807, 2.05) is 19.1 Å². The number of hydrogen-bond acceptors (Lipinski definition) is 4. The van der Waals surface area contributed by atoms with Gasteiger partial charge in [-0.2, -0.15) is 0 Å². The molecule has 0 aromatic heterocycles. The summed E-state index contributed by atoms with van der Waals surface area (Å²) in [4.78, 5) is 11.8. The minimum absolute atomic E-state index is 0.0734. The number of para-hydroxylation sites is 1. The number of ether oxygens (including phenoxy) is 1. The van der Waals surface area contributed by atoms with Gasteiger partial charge in [0.2, 0.25) is 0 Å². The standard InChI is InChI=1S/C16H23NO4/c1-2-9-17-16(15(19)20,13-7-8-13)11-21-14-6-4-3-5-12(14)10-18/h3-6,13,17-18H,2,7-11H2,1H3,(H,19,20). The number of benzene rings is 1. The van der Waals surface area contributed by atoms with Crippen molar-refractivity contribution in [1.29, 1.82) is 0 Å². The average Bonchev–Trinajstić information content (AvgIpc) is 3.33. The number of rotatable bonds is 9. The molecule has 0 amide bonds. The highest BCUT2D eigenvalue weighted by Gasteiger charge is 2.51. The molecule has 1 saturated carbocycles. The van der Waals surface area contributed by atoms with Crippen LogP contribution in [0.2, 0.25) is 0 Å². The molecule has 0 bridgehead atoms. The third kappa shape index (κ3) is 3.54. The third-order valence-corrected chi connectivity index (χ3v) is 3.94.